The van der Waals surface area contributed by atoms with E-state index in [0.717, 1.165) is 0 Å². The molecule has 0 amide bonds. The van der Waals surface area contributed by atoms with Gasteiger partial charge in [-0.15, -0.1) is 34.1 Å². The van der Waals surface area contributed by atoms with E-state index < -0.39 is 34.1 Å². The Hall–Kier alpha value is 0.340. The van der Waals surface area contributed by atoms with Crippen molar-refractivity contribution in [2.75, 3.05) is 0 Å². The monoisotopic (exact) mass is 262 g/mol. The summed E-state index contributed by atoms with van der Waals surface area (Å²) in [6, 6.07) is 0. The van der Waals surface area contributed by atoms with E-state index in [1.54, 1.807) is 0 Å². The van der Waals surface area contributed by atoms with Crippen LogP contribution >= 0.6 is 0 Å². The predicted molar refractivity (Wildman–Crippen MR) is 40.6 cm³/mol. The fourth-order valence-corrected chi connectivity index (χ4v) is 0. The van der Waals surface area contributed by atoms with Crippen LogP contribution in [0, 0.1) is 0 Å². The molecule has 9 nitrogen and oxygen atoms in total. The topological polar surface area (TPSA) is 190 Å². The van der Waals surface area contributed by atoms with Crippen LogP contribution in [0.1, 0.15) is 0 Å². The van der Waals surface area contributed by atoms with Crippen molar-refractivity contribution >= 4 is 50.9 Å². The smallest absolute Gasteiger partial charge is 0.784 e. The standard InChI is InChI=1S/2B.3H2O3S/c;;3*1-4(2)3/h;;3*(H2,1,2,3)/q2*+3;;;/p-6. The largest absolute Gasteiger partial charge is 3.00 e. The molecule has 0 heterocycles. The molecule has 0 aromatic carbocycles. The predicted octanol–water partition coefficient (Wildman–Crippen LogP) is -3.77. The van der Waals surface area contributed by atoms with Crippen LogP contribution < -0.4 is 0 Å². The molecule has 0 bridgehead atoms. The zero-order valence-electron chi connectivity index (χ0n) is 6.05. The van der Waals surface area contributed by atoms with Crippen molar-refractivity contribution < 1.29 is 39.9 Å². The first-order chi connectivity index (χ1) is 5.20. The minimum Gasteiger partial charge on any atom is -0.784 e. The molecule has 0 aliphatic carbocycles. The summed E-state index contributed by atoms with van der Waals surface area (Å²) in [6.07, 6.45) is 0. The molecular formula is B2O9S3. The summed E-state index contributed by atoms with van der Waals surface area (Å²) in [7, 11) is 0. The third-order valence-electron chi connectivity index (χ3n) is 0. The molecule has 0 aromatic rings. The van der Waals surface area contributed by atoms with Gasteiger partial charge in [0.15, 0.2) is 0 Å². The van der Waals surface area contributed by atoms with Gasteiger partial charge in [-0.05, 0) is 0 Å². The maximum absolute atomic E-state index is 8.44. The quantitative estimate of drug-likeness (QED) is 0.311. The summed E-state index contributed by atoms with van der Waals surface area (Å²) < 4.78 is 76.0. The Kier molecular flexibility index (Phi) is 48.7. The number of hydrogen-bond acceptors (Lipinski definition) is 9. The van der Waals surface area contributed by atoms with Crippen LogP contribution in [0.15, 0.2) is 0 Å². The van der Waals surface area contributed by atoms with Crippen molar-refractivity contribution in [1.82, 2.24) is 0 Å². The first-order valence-corrected chi connectivity index (χ1v) is 4.50. The zero-order chi connectivity index (χ0) is 10.7. The fourth-order valence-electron chi connectivity index (χ4n) is 0. The van der Waals surface area contributed by atoms with Crippen LogP contribution in [-0.2, 0) is 34.1 Å². The maximum Gasteiger partial charge on any atom is 3.00 e. The van der Waals surface area contributed by atoms with Gasteiger partial charge in [-0.2, -0.15) is 0 Å². The molecule has 14 heteroatoms. The summed E-state index contributed by atoms with van der Waals surface area (Å²) in [4.78, 5) is 0. The van der Waals surface area contributed by atoms with Crippen LogP contribution in [0.25, 0.3) is 0 Å². The van der Waals surface area contributed by atoms with E-state index in [-0.39, 0.29) is 16.8 Å². The van der Waals surface area contributed by atoms with Crippen molar-refractivity contribution in [3.8, 4) is 0 Å². The Morgan fingerprint density at radius 3 is 0.500 bits per heavy atom. The van der Waals surface area contributed by atoms with Crippen LogP contribution in [0.2, 0.25) is 0 Å². The average molecular weight is 262 g/mol. The second-order valence-electron chi connectivity index (χ2n) is 0.612. The molecule has 0 radical (unpaired) electrons. The Labute approximate surface area is 91.2 Å². The van der Waals surface area contributed by atoms with E-state index in [1.165, 1.54) is 0 Å². The Morgan fingerprint density at radius 2 is 0.500 bits per heavy atom. The molecule has 0 N–H and O–H groups in total. The molecule has 0 aliphatic heterocycles. The second-order valence-corrected chi connectivity index (χ2v) is 1.84. The molecule has 14 heavy (non-hydrogen) atoms. The molecular weight excluding hydrogens is 262 g/mol. The summed E-state index contributed by atoms with van der Waals surface area (Å²) in [5.74, 6) is 0. The summed E-state index contributed by atoms with van der Waals surface area (Å²) in [5, 5.41) is 0. The zero-order valence-corrected chi connectivity index (χ0v) is 8.50. The Morgan fingerprint density at radius 1 is 0.500 bits per heavy atom. The van der Waals surface area contributed by atoms with Gasteiger partial charge in [0.2, 0.25) is 0 Å². The normalized spacial score (nSPS) is 7.50. The van der Waals surface area contributed by atoms with Crippen LogP contribution in [0.4, 0.5) is 0 Å². The minimum atomic E-state index is -3.11. The van der Waals surface area contributed by atoms with Gasteiger partial charge in [-0.3, -0.25) is 12.6 Å². The van der Waals surface area contributed by atoms with E-state index in [0.29, 0.717) is 0 Å². The maximum atomic E-state index is 8.44. The first kappa shape index (κ1) is 29.3. The van der Waals surface area contributed by atoms with Crippen molar-refractivity contribution in [1.29, 1.82) is 0 Å². The minimum absolute atomic E-state index is 0. The van der Waals surface area contributed by atoms with Crippen molar-refractivity contribution in [2.45, 2.75) is 0 Å². The summed E-state index contributed by atoms with van der Waals surface area (Å²) in [5.41, 5.74) is 0. The molecule has 0 saturated heterocycles. The third-order valence-corrected chi connectivity index (χ3v) is 0. The van der Waals surface area contributed by atoms with Gasteiger partial charge in [-0.25, -0.2) is 0 Å². The fraction of sp³-hybridized carbons (Fsp3) is 0. The summed E-state index contributed by atoms with van der Waals surface area (Å²) in [6.45, 7) is 0. The number of hydrogen-bond donors (Lipinski definition) is 0. The van der Waals surface area contributed by atoms with Crippen molar-refractivity contribution in [3.63, 3.8) is 0 Å². The Bertz CT molecular complexity index is 116. The van der Waals surface area contributed by atoms with Crippen molar-refractivity contribution in [3.05, 3.63) is 0 Å². The molecule has 0 aromatic heterocycles. The van der Waals surface area contributed by atoms with Crippen LogP contribution in [0.3, 0.4) is 0 Å². The van der Waals surface area contributed by atoms with Gasteiger partial charge >= 0.3 is 16.8 Å². The van der Waals surface area contributed by atoms with Gasteiger partial charge in [0.05, 0.1) is 0 Å². The molecule has 0 rings (SSSR count). The SMILES string of the molecule is O=S([O-])[O-].O=S([O-])[O-].O=S([O-])[O-].[B+3].[B+3]. The van der Waals surface area contributed by atoms with E-state index in [1.807, 2.05) is 0 Å². The third kappa shape index (κ3) is 13700. The number of rotatable bonds is 0. The molecule has 0 aliphatic rings. The molecule has 0 unspecified atom stereocenters. The van der Waals surface area contributed by atoms with E-state index >= 15 is 0 Å². The van der Waals surface area contributed by atoms with Crippen LogP contribution in [0.5, 0.6) is 0 Å². The Balaban J connectivity index is -0.0000000270. The van der Waals surface area contributed by atoms with Gasteiger partial charge in [-0.1, -0.05) is 0 Å². The van der Waals surface area contributed by atoms with Gasteiger partial charge in [0.1, 0.15) is 0 Å². The molecule has 0 spiro atoms. The van der Waals surface area contributed by atoms with Gasteiger partial charge in [0, 0.05) is 0 Å². The molecule has 0 saturated carbocycles. The average Bonchev–Trinajstić information content (AvgIpc) is 1.54. The van der Waals surface area contributed by atoms with E-state index in [9.17, 15) is 0 Å². The first-order valence-electron chi connectivity index (χ1n) is 1.50. The van der Waals surface area contributed by atoms with E-state index in [2.05, 4.69) is 0 Å². The van der Waals surface area contributed by atoms with Crippen LogP contribution in [-0.4, -0.2) is 56.8 Å². The molecule has 0 atom stereocenters. The van der Waals surface area contributed by atoms with Gasteiger partial charge < -0.3 is 27.3 Å². The van der Waals surface area contributed by atoms with E-state index in [4.69, 9.17) is 39.9 Å². The second kappa shape index (κ2) is 23.3. The summed E-state index contributed by atoms with van der Waals surface area (Å²) >= 11 is -9.33. The van der Waals surface area contributed by atoms with Crippen molar-refractivity contribution in [2.24, 2.45) is 0 Å². The molecule has 78 valence electrons. The van der Waals surface area contributed by atoms with Gasteiger partial charge in [0.25, 0.3) is 0 Å². The molecule has 0 fully saturated rings.